The van der Waals surface area contributed by atoms with Gasteiger partial charge in [0.2, 0.25) is 11.8 Å². The first-order valence-corrected chi connectivity index (χ1v) is 6.99. The number of carbonyl (C=O) groups is 2. The van der Waals surface area contributed by atoms with Crippen LogP contribution in [-0.2, 0) is 16.0 Å². The second kappa shape index (κ2) is 7.68. The fourth-order valence-electron chi connectivity index (χ4n) is 1.41. The highest BCUT2D eigenvalue weighted by atomic mass is 32.1. The van der Waals surface area contributed by atoms with Crippen LogP contribution in [0.15, 0.2) is 22.6 Å². The van der Waals surface area contributed by atoms with Crippen LogP contribution in [-0.4, -0.2) is 23.6 Å². The lowest BCUT2D eigenvalue weighted by atomic mass is 10.2. The lowest BCUT2D eigenvalue weighted by Crippen LogP contribution is -2.31. The van der Waals surface area contributed by atoms with Gasteiger partial charge in [0, 0.05) is 16.6 Å². The number of hydrogen-bond donors (Lipinski definition) is 2. The van der Waals surface area contributed by atoms with Crippen LogP contribution in [0.1, 0.15) is 32.1 Å². The fraction of sp³-hybridized carbons (Fsp3) is 0.462. The minimum atomic E-state index is -0.175. The molecule has 0 radical (unpaired) electrons. The van der Waals surface area contributed by atoms with E-state index in [4.69, 9.17) is 0 Å². The van der Waals surface area contributed by atoms with Crippen molar-refractivity contribution < 1.29 is 9.59 Å². The van der Waals surface area contributed by atoms with E-state index in [1.54, 1.807) is 6.92 Å². The lowest BCUT2D eigenvalue weighted by Gasteiger charge is -2.07. The van der Waals surface area contributed by atoms with Gasteiger partial charge < -0.3 is 5.32 Å². The van der Waals surface area contributed by atoms with Gasteiger partial charge in [-0.05, 0) is 32.2 Å². The Morgan fingerprint density at radius 2 is 2.11 bits per heavy atom. The summed E-state index contributed by atoms with van der Waals surface area (Å²) >= 11 is 1.53. The largest absolute Gasteiger partial charge is 0.354 e. The van der Waals surface area contributed by atoms with E-state index in [1.165, 1.54) is 11.3 Å². The number of nitrogens with zero attached hydrogens (tertiary/aromatic N) is 1. The summed E-state index contributed by atoms with van der Waals surface area (Å²) in [6.07, 6.45) is 0.504. The Bertz CT molecular complexity index is 452. The highest BCUT2D eigenvalue weighted by Gasteiger charge is 2.06. The molecule has 0 aliphatic heterocycles. The van der Waals surface area contributed by atoms with Gasteiger partial charge in [-0.25, -0.2) is 5.43 Å². The molecule has 1 aromatic rings. The summed E-state index contributed by atoms with van der Waals surface area (Å²) in [6, 6.07) is 3.91. The van der Waals surface area contributed by atoms with Crippen molar-refractivity contribution in [3.8, 4) is 0 Å². The molecular formula is C13H19N3O2S. The van der Waals surface area contributed by atoms with Crippen molar-refractivity contribution in [1.82, 2.24) is 10.7 Å². The summed E-state index contributed by atoms with van der Waals surface area (Å²) < 4.78 is 0. The van der Waals surface area contributed by atoms with Crippen molar-refractivity contribution in [2.45, 2.75) is 39.7 Å². The normalized spacial score (nSPS) is 11.5. The summed E-state index contributed by atoms with van der Waals surface area (Å²) in [6.45, 7) is 5.51. The zero-order valence-corrected chi connectivity index (χ0v) is 12.2. The molecule has 0 bridgehead atoms. The van der Waals surface area contributed by atoms with Gasteiger partial charge >= 0.3 is 0 Å². The summed E-state index contributed by atoms with van der Waals surface area (Å²) in [5.41, 5.74) is 3.04. The van der Waals surface area contributed by atoms with Crippen LogP contribution in [0.3, 0.4) is 0 Å². The Hall–Kier alpha value is -1.69. The fourth-order valence-corrected chi connectivity index (χ4v) is 2.12. The number of nitrogens with one attached hydrogen (secondary N) is 2. The van der Waals surface area contributed by atoms with Crippen LogP contribution in [0.5, 0.6) is 0 Å². The summed E-state index contributed by atoms with van der Waals surface area (Å²) in [7, 11) is 0. The average Bonchev–Trinajstić information content (AvgIpc) is 2.77. The Morgan fingerprint density at radius 3 is 2.68 bits per heavy atom. The molecule has 0 aliphatic carbocycles. The molecular weight excluding hydrogens is 262 g/mol. The molecule has 0 aliphatic rings. The average molecular weight is 281 g/mol. The van der Waals surface area contributed by atoms with Crippen molar-refractivity contribution in [1.29, 1.82) is 0 Å². The highest BCUT2D eigenvalue weighted by Crippen LogP contribution is 2.08. The molecule has 0 fully saturated rings. The number of amides is 2. The third-order valence-electron chi connectivity index (χ3n) is 2.15. The standard InChI is InChI=1S/C13H19N3O2S/c1-9(2)14-12(17)7-10(3)15-16-13(18)8-11-5-4-6-19-11/h4-6,9H,7-8H2,1-3H3,(H,14,17)(H,16,18)/b15-10-. The Morgan fingerprint density at radius 1 is 1.37 bits per heavy atom. The van der Waals surface area contributed by atoms with Gasteiger partial charge in [-0.15, -0.1) is 11.3 Å². The minimum absolute atomic E-state index is 0.0937. The predicted molar refractivity (Wildman–Crippen MR) is 77.2 cm³/mol. The molecule has 1 aromatic heterocycles. The maximum atomic E-state index is 11.6. The number of thiophene rings is 1. The van der Waals surface area contributed by atoms with Gasteiger partial charge in [-0.1, -0.05) is 6.07 Å². The first-order chi connectivity index (χ1) is 8.97. The minimum Gasteiger partial charge on any atom is -0.354 e. The molecule has 0 atom stereocenters. The van der Waals surface area contributed by atoms with Crippen molar-refractivity contribution >= 4 is 28.9 Å². The molecule has 0 unspecified atom stereocenters. The topological polar surface area (TPSA) is 70.6 Å². The second-order valence-corrected chi connectivity index (χ2v) is 5.57. The molecule has 0 aromatic carbocycles. The zero-order valence-electron chi connectivity index (χ0n) is 11.4. The Balaban J connectivity index is 2.34. The molecule has 104 valence electrons. The van der Waals surface area contributed by atoms with Crippen LogP contribution in [0, 0.1) is 0 Å². The second-order valence-electron chi connectivity index (χ2n) is 4.54. The molecule has 2 amide bonds. The van der Waals surface area contributed by atoms with Gasteiger partial charge in [0.05, 0.1) is 12.8 Å². The summed E-state index contributed by atoms with van der Waals surface area (Å²) in [5, 5.41) is 8.60. The van der Waals surface area contributed by atoms with E-state index < -0.39 is 0 Å². The monoisotopic (exact) mass is 281 g/mol. The molecule has 1 heterocycles. The van der Waals surface area contributed by atoms with E-state index >= 15 is 0 Å². The molecule has 0 saturated carbocycles. The van der Waals surface area contributed by atoms with Gasteiger partial charge in [-0.2, -0.15) is 5.10 Å². The quantitative estimate of drug-likeness (QED) is 0.615. The molecule has 0 spiro atoms. The van der Waals surface area contributed by atoms with Gasteiger partial charge in [0.1, 0.15) is 0 Å². The third-order valence-corrected chi connectivity index (χ3v) is 3.03. The van der Waals surface area contributed by atoms with Crippen LogP contribution in [0.25, 0.3) is 0 Å². The molecule has 1 rings (SSSR count). The van der Waals surface area contributed by atoms with Gasteiger partial charge in [-0.3, -0.25) is 9.59 Å². The van der Waals surface area contributed by atoms with Crippen molar-refractivity contribution in [3.05, 3.63) is 22.4 Å². The van der Waals surface area contributed by atoms with Crippen molar-refractivity contribution in [2.24, 2.45) is 5.10 Å². The molecule has 2 N–H and O–H groups in total. The highest BCUT2D eigenvalue weighted by molar-refractivity contribution is 7.10. The van der Waals surface area contributed by atoms with Crippen LogP contribution in [0.2, 0.25) is 0 Å². The van der Waals surface area contributed by atoms with E-state index in [0.29, 0.717) is 12.1 Å². The first-order valence-electron chi connectivity index (χ1n) is 6.11. The number of rotatable bonds is 6. The van der Waals surface area contributed by atoms with E-state index in [2.05, 4.69) is 15.8 Å². The van der Waals surface area contributed by atoms with E-state index in [9.17, 15) is 9.59 Å². The van der Waals surface area contributed by atoms with Crippen molar-refractivity contribution in [2.75, 3.05) is 0 Å². The predicted octanol–water partition coefficient (Wildman–Crippen LogP) is 1.70. The number of hydrazone groups is 1. The SMILES string of the molecule is C/C(CC(=O)NC(C)C)=N/NC(=O)Cc1cccs1. The molecule has 0 saturated heterocycles. The third kappa shape index (κ3) is 6.71. The zero-order chi connectivity index (χ0) is 14.3. The van der Waals surface area contributed by atoms with Gasteiger partial charge in [0.25, 0.3) is 0 Å². The summed E-state index contributed by atoms with van der Waals surface area (Å²) in [5.74, 6) is -0.269. The lowest BCUT2D eigenvalue weighted by molar-refractivity contribution is -0.121. The van der Waals surface area contributed by atoms with E-state index in [-0.39, 0.29) is 24.3 Å². The van der Waals surface area contributed by atoms with Crippen molar-refractivity contribution in [3.63, 3.8) is 0 Å². The first kappa shape index (κ1) is 15.4. The number of carbonyl (C=O) groups excluding carboxylic acids is 2. The Labute approximate surface area is 117 Å². The molecule has 5 nitrogen and oxygen atoms in total. The van der Waals surface area contributed by atoms with E-state index in [0.717, 1.165) is 4.88 Å². The van der Waals surface area contributed by atoms with E-state index in [1.807, 2.05) is 31.4 Å². The molecule has 6 heteroatoms. The Kier molecular flexibility index (Phi) is 6.21. The maximum absolute atomic E-state index is 11.6. The van der Waals surface area contributed by atoms with Crippen LogP contribution < -0.4 is 10.7 Å². The van der Waals surface area contributed by atoms with Crippen LogP contribution in [0.4, 0.5) is 0 Å². The maximum Gasteiger partial charge on any atom is 0.245 e. The van der Waals surface area contributed by atoms with Gasteiger partial charge in [0.15, 0.2) is 0 Å². The smallest absolute Gasteiger partial charge is 0.245 e. The number of hydrogen-bond acceptors (Lipinski definition) is 4. The summed E-state index contributed by atoms with van der Waals surface area (Å²) in [4.78, 5) is 24.0. The van der Waals surface area contributed by atoms with Crippen LogP contribution >= 0.6 is 11.3 Å². The molecule has 19 heavy (non-hydrogen) atoms.